The van der Waals surface area contributed by atoms with Gasteiger partial charge in [0.05, 0.1) is 20.0 Å². The highest BCUT2D eigenvalue weighted by Gasteiger charge is 2.49. The van der Waals surface area contributed by atoms with Gasteiger partial charge in [0.15, 0.2) is 5.69 Å². The average Bonchev–Trinajstić information content (AvgIpc) is 3.21. The molecule has 2 amide bonds. The summed E-state index contributed by atoms with van der Waals surface area (Å²) in [6.07, 6.45) is 6.66. The van der Waals surface area contributed by atoms with Crippen LogP contribution in [-0.2, 0) is 22.6 Å². The Morgan fingerprint density at radius 1 is 1.22 bits per heavy atom. The highest BCUT2D eigenvalue weighted by Crippen LogP contribution is 2.31. The van der Waals surface area contributed by atoms with Crippen molar-refractivity contribution in [3.8, 4) is 0 Å². The molecule has 1 aliphatic carbocycles. The molecule has 1 aliphatic heterocycles. The first-order valence-corrected chi connectivity index (χ1v) is 11.2. The van der Waals surface area contributed by atoms with Crippen molar-refractivity contribution >= 4 is 29.4 Å². The summed E-state index contributed by atoms with van der Waals surface area (Å²) in [5, 5.41) is 3.75. The van der Waals surface area contributed by atoms with Gasteiger partial charge in [-0.1, -0.05) is 43.0 Å². The molecule has 170 valence electrons. The zero-order valence-corrected chi connectivity index (χ0v) is 19.0. The van der Waals surface area contributed by atoms with Crippen LogP contribution in [0.4, 0.5) is 0 Å². The monoisotopic (exact) mass is 458 g/mol. The van der Waals surface area contributed by atoms with Gasteiger partial charge in [-0.25, -0.2) is 9.78 Å². The maximum Gasteiger partial charge on any atom is 0.359 e. The first kappa shape index (κ1) is 22.3. The summed E-state index contributed by atoms with van der Waals surface area (Å²) in [5.41, 5.74) is -0.246. The molecule has 0 unspecified atom stereocenters. The number of esters is 1. The minimum absolute atomic E-state index is 0.0478. The number of nitrogens with zero attached hydrogens (tertiary/aromatic N) is 3. The molecular weight excluding hydrogens is 432 g/mol. The van der Waals surface area contributed by atoms with Crippen LogP contribution in [0.3, 0.4) is 0 Å². The molecule has 32 heavy (non-hydrogen) atoms. The maximum atomic E-state index is 13.7. The highest BCUT2D eigenvalue weighted by atomic mass is 35.5. The predicted octanol–water partition coefficient (Wildman–Crippen LogP) is 3.19. The number of halogens is 1. The van der Waals surface area contributed by atoms with Gasteiger partial charge in [0.2, 0.25) is 5.91 Å². The quantitative estimate of drug-likeness (QED) is 0.694. The van der Waals surface area contributed by atoms with E-state index in [1.165, 1.54) is 24.8 Å². The van der Waals surface area contributed by atoms with Crippen LogP contribution in [0.15, 0.2) is 30.6 Å². The van der Waals surface area contributed by atoms with Gasteiger partial charge in [0.25, 0.3) is 5.91 Å². The maximum absolute atomic E-state index is 13.7. The molecule has 2 heterocycles. The van der Waals surface area contributed by atoms with Gasteiger partial charge in [-0.3, -0.25) is 9.59 Å². The summed E-state index contributed by atoms with van der Waals surface area (Å²) in [5.74, 6) is -1.33. The van der Waals surface area contributed by atoms with Crippen molar-refractivity contribution in [2.45, 2.75) is 63.7 Å². The topological polar surface area (TPSA) is 93.5 Å². The van der Waals surface area contributed by atoms with Crippen LogP contribution in [-0.4, -0.2) is 50.9 Å². The van der Waals surface area contributed by atoms with Gasteiger partial charge in [-0.2, -0.15) is 0 Å². The van der Waals surface area contributed by atoms with Crippen molar-refractivity contribution in [1.82, 2.24) is 19.8 Å². The first-order chi connectivity index (χ1) is 15.3. The number of aromatic nitrogens is 2. The molecule has 1 fully saturated rings. The lowest BCUT2D eigenvalue weighted by Gasteiger charge is -2.44. The lowest BCUT2D eigenvalue weighted by Crippen LogP contribution is -2.64. The zero-order chi connectivity index (χ0) is 22.9. The standard InChI is InChI=1S/C23H27ClN4O4/c1-23(22(31)26-17-6-4-3-5-7-17)13-27-14-25-18(21(30)32-2)19(27)20(29)28(23)12-15-8-10-16(24)11-9-15/h8-11,14,17H,3-7,12-13H2,1-2H3,(H,26,31)/t23-/m0/s1. The lowest BCUT2D eigenvalue weighted by atomic mass is 9.91. The van der Waals surface area contributed by atoms with E-state index >= 15 is 0 Å². The number of fused-ring (bicyclic) bond motifs is 1. The summed E-state index contributed by atoms with van der Waals surface area (Å²) in [7, 11) is 1.24. The molecule has 9 heteroatoms. The number of imidazole rings is 1. The van der Waals surface area contributed by atoms with E-state index in [2.05, 4.69) is 10.3 Å². The SMILES string of the molecule is COC(=O)c1ncn2c1C(=O)N(Cc1ccc(Cl)cc1)[C@](C)(C(=O)NC1CCCCC1)C2. The summed E-state index contributed by atoms with van der Waals surface area (Å²) in [6, 6.07) is 7.24. The number of amides is 2. The summed E-state index contributed by atoms with van der Waals surface area (Å²) in [4.78, 5) is 45.0. The van der Waals surface area contributed by atoms with Crippen molar-refractivity contribution in [2.75, 3.05) is 7.11 Å². The van der Waals surface area contributed by atoms with Crippen LogP contribution in [0.25, 0.3) is 0 Å². The fraction of sp³-hybridized carbons (Fsp3) is 0.478. The van der Waals surface area contributed by atoms with Gasteiger partial charge < -0.3 is 19.5 Å². The molecule has 1 saturated carbocycles. The van der Waals surface area contributed by atoms with Crippen LogP contribution in [0, 0.1) is 0 Å². The summed E-state index contributed by atoms with van der Waals surface area (Å²) >= 11 is 6.01. The van der Waals surface area contributed by atoms with Crippen LogP contribution >= 0.6 is 11.6 Å². The molecule has 1 aromatic carbocycles. The number of benzene rings is 1. The average molecular weight is 459 g/mol. The molecule has 1 N–H and O–H groups in total. The van der Waals surface area contributed by atoms with E-state index in [9.17, 15) is 14.4 Å². The molecule has 1 atom stereocenters. The fourth-order valence-electron chi connectivity index (χ4n) is 4.54. The molecule has 0 bridgehead atoms. The smallest absolute Gasteiger partial charge is 0.359 e. The van der Waals surface area contributed by atoms with E-state index in [-0.39, 0.29) is 36.4 Å². The van der Waals surface area contributed by atoms with Crippen LogP contribution in [0.5, 0.6) is 0 Å². The van der Waals surface area contributed by atoms with Crippen molar-refractivity contribution in [3.63, 3.8) is 0 Å². The van der Waals surface area contributed by atoms with Crippen molar-refractivity contribution < 1.29 is 19.1 Å². The number of rotatable bonds is 5. The number of hydrogen-bond acceptors (Lipinski definition) is 5. The molecule has 0 spiro atoms. The van der Waals surface area contributed by atoms with Crippen LogP contribution < -0.4 is 5.32 Å². The van der Waals surface area contributed by atoms with E-state index in [4.69, 9.17) is 16.3 Å². The number of ether oxygens (including phenoxy) is 1. The fourth-order valence-corrected chi connectivity index (χ4v) is 4.67. The molecule has 4 rings (SSSR count). The molecule has 1 aromatic heterocycles. The normalized spacial score (nSPS) is 21.2. The Labute approximate surface area is 191 Å². The van der Waals surface area contributed by atoms with Crippen molar-refractivity contribution in [2.24, 2.45) is 0 Å². The number of nitrogens with one attached hydrogen (secondary N) is 1. The van der Waals surface area contributed by atoms with Gasteiger partial charge in [-0.05, 0) is 37.5 Å². The lowest BCUT2D eigenvalue weighted by molar-refractivity contribution is -0.134. The minimum Gasteiger partial charge on any atom is -0.464 e. The summed E-state index contributed by atoms with van der Waals surface area (Å²) < 4.78 is 6.37. The zero-order valence-electron chi connectivity index (χ0n) is 18.3. The second-order valence-electron chi connectivity index (χ2n) is 8.66. The Morgan fingerprint density at radius 3 is 2.56 bits per heavy atom. The predicted molar refractivity (Wildman–Crippen MR) is 118 cm³/mol. The summed E-state index contributed by atoms with van der Waals surface area (Å²) in [6.45, 7) is 2.14. The first-order valence-electron chi connectivity index (χ1n) is 10.8. The third-order valence-electron chi connectivity index (χ3n) is 6.42. The largest absolute Gasteiger partial charge is 0.464 e. The van der Waals surface area contributed by atoms with Gasteiger partial charge in [-0.15, -0.1) is 0 Å². The van der Waals surface area contributed by atoms with E-state index in [0.717, 1.165) is 31.2 Å². The minimum atomic E-state index is -1.16. The van der Waals surface area contributed by atoms with E-state index in [1.54, 1.807) is 23.6 Å². The van der Waals surface area contributed by atoms with Crippen LogP contribution in [0.2, 0.25) is 5.02 Å². The second-order valence-corrected chi connectivity index (χ2v) is 9.10. The van der Waals surface area contributed by atoms with E-state index in [1.807, 2.05) is 12.1 Å². The molecular formula is C23H27ClN4O4. The Hall–Kier alpha value is -2.87. The third kappa shape index (κ3) is 4.11. The Balaban J connectivity index is 1.71. The Bertz CT molecular complexity index is 1030. The van der Waals surface area contributed by atoms with Crippen molar-refractivity contribution in [1.29, 1.82) is 0 Å². The van der Waals surface area contributed by atoms with Crippen LogP contribution in [0.1, 0.15) is 65.6 Å². The molecule has 2 aliphatic rings. The van der Waals surface area contributed by atoms with Gasteiger partial charge >= 0.3 is 5.97 Å². The van der Waals surface area contributed by atoms with E-state index < -0.39 is 17.4 Å². The van der Waals surface area contributed by atoms with Crippen molar-refractivity contribution in [3.05, 3.63) is 52.6 Å². The third-order valence-corrected chi connectivity index (χ3v) is 6.67. The van der Waals surface area contributed by atoms with Gasteiger partial charge in [0.1, 0.15) is 11.2 Å². The van der Waals surface area contributed by atoms with Gasteiger partial charge in [0, 0.05) is 17.6 Å². The Kier molecular flexibility index (Phi) is 6.24. The number of hydrogen-bond donors (Lipinski definition) is 1. The molecule has 8 nitrogen and oxygen atoms in total. The molecule has 0 radical (unpaired) electrons. The second kappa shape index (κ2) is 8.94. The number of carbonyl (C=O) groups is 3. The molecule has 2 aromatic rings. The molecule has 0 saturated heterocycles. The Morgan fingerprint density at radius 2 is 1.91 bits per heavy atom. The van der Waals surface area contributed by atoms with E-state index in [0.29, 0.717) is 5.02 Å². The number of methoxy groups -OCH3 is 1. The highest BCUT2D eigenvalue weighted by molar-refractivity contribution is 6.30. The number of carbonyl (C=O) groups excluding carboxylic acids is 3.